The van der Waals surface area contributed by atoms with Crippen molar-refractivity contribution in [3.8, 4) is 5.75 Å². The van der Waals surface area contributed by atoms with Crippen LogP contribution in [0.1, 0.15) is 20.8 Å². The van der Waals surface area contributed by atoms with Crippen LogP contribution >= 0.6 is 0 Å². The zero-order valence-electron chi connectivity index (χ0n) is 15.1. The van der Waals surface area contributed by atoms with Gasteiger partial charge >= 0.3 is 5.97 Å². The van der Waals surface area contributed by atoms with Crippen LogP contribution in [0.5, 0.6) is 5.75 Å². The maximum Gasteiger partial charge on any atom is 0.326 e. The molecular weight excluding hydrogens is 344 g/mol. The van der Waals surface area contributed by atoms with Crippen molar-refractivity contribution in [2.75, 3.05) is 25.2 Å². The second-order valence-electron chi connectivity index (χ2n) is 6.37. The first-order chi connectivity index (χ1) is 12.2. The van der Waals surface area contributed by atoms with Crippen molar-refractivity contribution < 1.29 is 28.7 Å². The standard InChI is InChI=1S/C17H22N2O7/c1-10(2)16-17(21)18(8-15(20)25-11(3)9-24-4)13-7-12(19(22)23)5-6-14(13)26-16/h5-7,10-11,16H,8-9H2,1-4H3. The topological polar surface area (TPSA) is 108 Å². The highest BCUT2D eigenvalue weighted by molar-refractivity contribution is 6.03. The van der Waals surface area contributed by atoms with Gasteiger partial charge in [-0.05, 0) is 18.9 Å². The summed E-state index contributed by atoms with van der Waals surface area (Å²) in [5, 5.41) is 11.0. The van der Waals surface area contributed by atoms with Gasteiger partial charge in [-0.25, -0.2) is 0 Å². The lowest BCUT2D eigenvalue weighted by Gasteiger charge is -2.35. The van der Waals surface area contributed by atoms with E-state index in [0.717, 1.165) is 0 Å². The van der Waals surface area contributed by atoms with Gasteiger partial charge in [-0.1, -0.05) is 13.8 Å². The number of amides is 1. The lowest BCUT2D eigenvalue weighted by Crippen LogP contribution is -2.50. The lowest BCUT2D eigenvalue weighted by molar-refractivity contribution is -0.384. The van der Waals surface area contributed by atoms with Crippen molar-refractivity contribution in [2.24, 2.45) is 5.92 Å². The summed E-state index contributed by atoms with van der Waals surface area (Å²) in [6.45, 7) is 5.15. The monoisotopic (exact) mass is 366 g/mol. The number of rotatable bonds is 7. The third-order valence-electron chi connectivity index (χ3n) is 3.83. The molecule has 9 heteroatoms. The molecule has 1 aliphatic heterocycles. The fraction of sp³-hybridized carbons (Fsp3) is 0.529. The molecule has 0 bridgehead atoms. The largest absolute Gasteiger partial charge is 0.478 e. The molecule has 1 aromatic rings. The molecule has 0 aromatic heterocycles. The molecule has 0 fully saturated rings. The summed E-state index contributed by atoms with van der Waals surface area (Å²) >= 11 is 0. The maximum absolute atomic E-state index is 12.8. The highest BCUT2D eigenvalue weighted by atomic mass is 16.6. The molecule has 0 radical (unpaired) electrons. The van der Waals surface area contributed by atoms with Gasteiger partial charge in [0.15, 0.2) is 6.10 Å². The molecule has 0 aliphatic carbocycles. The van der Waals surface area contributed by atoms with Gasteiger partial charge in [0, 0.05) is 19.2 Å². The maximum atomic E-state index is 12.8. The van der Waals surface area contributed by atoms with E-state index in [9.17, 15) is 19.7 Å². The number of hydrogen-bond donors (Lipinski definition) is 0. The zero-order chi connectivity index (χ0) is 19.4. The number of fused-ring (bicyclic) bond motifs is 1. The van der Waals surface area contributed by atoms with Crippen LogP contribution in [0.4, 0.5) is 11.4 Å². The highest BCUT2D eigenvalue weighted by Crippen LogP contribution is 2.38. The average molecular weight is 366 g/mol. The molecule has 2 atom stereocenters. The number of carbonyl (C=O) groups is 2. The molecule has 0 N–H and O–H groups in total. The number of nitro benzene ring substituents is 1. The van der Waals surface area contributed by atoms with Gasteiger partial charge in [0.2, 0.25) is 0 Å². The molecular formula is C17H22N2O7. The summed E-state index contributed by atoms with van der Waals surface area (Å²) in [5.41, 5.74) is -0.0216. The van der Waals surface area contributed by atoms with Crippen molar-refractivity contribution >= 4 is 23.3 Å². The van der Waals surface area contributed by atoms with E-state index < -0.39 is 29.0 Å². The van der Waals surface area contributed by atoms with Crippen molar-refractivity contribution in [1.29, 1.82) is 0 Å². The van der Waals surface area contributed by atoms with E-state index in [2.05, 4.69) is 0 Å². The summed E-state index contributed by atoms with van der Waals surface area (Å²) in [7, 11) is 1.48. The van der Waals surface area contributed by atoms with Crippen molar-refractivity contribution in [1.82, 2.24) is 0 Å². The number of hydrogen-bond acceptors (Lipinski definition) is 7. The van der Waals surface area contributed by atoms with Crippen LogP contribution in [-0.4, -0.2) is 49.3 Å². The van der Waals surface area contributed by atoms with Crippen LogP contribution in [0.2, 0.25) is 0 Å². The Balaban J connectivity index is 2.32. The Labute approximate surface area is 151 Å². The third kappa shape index (κ3) is 4.29. The summed E-state index contributed by atoms with van der Waals surface area (Å²) in [5.74, 6) is -0.905. The first-order valence-electron chi connectivity index (χ1n) is 8.19. The van der Waals surface area contributed by atoms with Gasteiger partial charge in [-0.15, -0.1) is 0 Å². The Kier molecular flexibility index (Phi) is 6.14. The number of ether oxygens (including phenoxy) is 3. The zero-order valence-corrected chi connectivity index (χ0v) is 15.1. The smallest absolute Gasteiger partial charge is 0.326 e. The van der Waals surface area contributed by atoms with E-state index in [1.807, 2.05) is 13.8 Å². The van der Waals surface area contributed by atoms with Crippen LogP contribution in [0.3, 0.4) is 0 Å². The van der Waals surface area contributed by atoms with E-state index in [-0.39, 0.29) is 30.4 Å². The molecule has 0 saturated carbocycles. The van der Waals surface area contributed by atoms with Gasteiger partial charge in [0.05, 0.1) is 17.2 Å². The SMILES string of the molecule is COCC(C)OC(=O)CN1C(=O)C(C(C)C)Oc2ccc([N+](=O)[O-])cc21. The number of anilines is 1. The number of esters is 1. The number of methoxy groups -OCH3 is 1. The number of nitro groups is 1. The summed E-state index contributed by atoms with van der Waals surface area (Å²) in [6.07, 6.45) is -1.26. The van der Waals surface area contributed by atoms with E-state index in [0.29, 0.717) is 5.75 Å². The second kappa shape index (κ2) is 8.13. The van der Waals surface area contributed by atoms with E-state index in [1.54, 1.807) is 6.92 Å². The number of carbonyl (C=O) groups excluding carboxylic acids is 2. The quantitative estimate of drug-likeness (QED) is 0.412. The van der Waals surface area contributed by atoms with Crippen molar-refractivity contribution in [2.45, 2.75) is 33.0 Å². The van der Waals surface area contributed by atoms with Gasteiger partial charge in [0.1, 0.15) is 18.4 Å². The van der Waals surface area contributed by atoms with Crippen LogP contribution in [0.15, 0.2) is 18.2 Å². The number of non-ortho nitro benzene ring substituents is 1. The molecule has 0 saturated heterocycles. The molecule has 1 aromatic carbocycles. The third-order valence-corrected chi connectivity index (χ3v) is 3.83. The average Bonchev–Trinajstić information content (AvgIpc) is 2.56. The normalized spacial score (nSPS) is 17.5. The molecule has 142 valence electrons. The first kappa shape index (κ1) is 19.6. The highest BCUT2D eigenvalue weighted by Gasteiger charge is 2.38. The van der Waals surface area contributed by atoms with Crippen molar-refractivity contribution in [3.05, 3.63) is 28.3 Å². The molecule has 2 unspecified atom stereocenters. The fourth-order valence-corrected chi connectivity index (χ4v) is 2.63. The van der Waals surface area contributed by atoms with Gasteiger partial charge in [0.25, 0.3) is 11.6 Å². The van der Waals surface area contributed by atoms with Gasteiger partial charge in [-0.2, -0.15) is 0 Å². The first-order valence-corrected chi connectivity index (χ1v) is 8.19. The Hall–Kier alpha value is -2.68. The summed E-state index contributed by atoms with van der Waals surface area (Å²) < 4.78 is 15.8. The predicted molar refractivity (Wildman–Crippen MR) is 92.1 cm³/mol. The van der Waals surface area contributed by atoms with Gasteiger partial charge < -0.3 is 14.2 Å². The van der Waals surface area contributed by atoms with Crippen molar-refractivity contribution in [3.63, 3.8) is 0 Å². The molecule has 1 heterocycles. The Morgan fingerprint density at radius 1 is 1.38 bits per heavy atom. The Bertz CT molecular complexity index is 704. The molecule has 1 amide bonds. The van der Waals surface area contributed by atoms with Crippen LogP contribution in [0, 0.1) is 16.0 Å². The minimum atomic E-state index is -0.784. The minimum absolute atomic E-state index is 0.142. The number of benzene rings is 1. The van der Waals surface area contributed by atoms with E-state index in [1.165, 1.54) is 30.2 Å². The van der Waals surface area contributed by atoms with Crippen LogP contribution < -0.4 is 9.64 Å². The predicted octanol–water partition coefficient (Wildman–Crippen LogP) is 1.92. The van der Waals surface area contributed by atoms with E-state index >= 15 is 0 Å². The molecule has 9 nitrogen and oxygen atoms in total. The van der Waals surface area contributed by atoms with Gasteiger partial charge in [-0.3, -0.25) is 24.6 Å². The Morgan fingerprint density at radius 2 is 2.08 bits per heavy atom. The number of nitrogens with zero attached hydrogens (tertiary/aromatic N) is 2. The molecule has 1 aliphatic rings. The summed E-state index contributed by atoms with van der Waals surface area (Å²) in [4.78, 5) is 36.6. The fourth-order valence-electron chi connectivity index (χ4n) is 2.63. The second-order valence-corrected chi connectivity index (χ2v) is 6.37. The van der Waals surface area contributed by atoms with Crippen LogP contribution in [0.25, 0.3) is 0 Å². The summed E-state index contributed by atoms with van der Waals surface area (Å²) in [6, 6.07) is 3.94. The molecule has 2 rings (SSSR count). The minimum Gasteiger partial charge on any atom is -0.478 e. The molecule has 0 spiro atoms. The molecule has 26 heavy (non-hydrogen) atoms. The van der Waals surface area contributed by atoms with E-state index in [4.69, 9.17) is 14.2 Å². The van der Waals surface area contributed by atoms with Crippen LogP contribution in [-0.2, 0) is 19.1 Å². The lowest BCUT2D eigenvalue weighted by atomic mass is 10.0. The Morgan fingerprint density at radius 3 is 2.65 bits per heavy atom.